The summed E-state index contributed by atoms with van der Waals surface area (Å²) in [6.07, 6.45) is 3.52. The number of hydrogen-bond donors (Lipinski definition) is 1. The molecule has 3 heterocycles. The average molecular weight is 399 g/mol. The highest BCUT2D eigenvalue weighted by atomic mass is 35.5. The Bertz CT molecular complexity index is 458. The predicted octanol–water partition coefficient (Wildman–Crippen LogP) is 2.12. The summed E-state index contributed by atoms with van der Waals surface area (Å²) < 4.78 is 0. The van der Waals surface area contributed by atoms with Crippen LogP contribution in [0.1, 0.15) is 12.8 Å². The standard InChI is InChI=1S/C14H22N4OS2.2ClH/c19-13(10-12-11-20-8-2-15-12)17-4-1-5-18(7-6-17)14-16-3-9-21-14;;/h3,9,12,15H,1-2,4-8,10-11H2;2*1H. The Morgan fingerprint density at radius 3 is 2.87 bits per heavy atom. The zero-order valence-corrected chi connectivity index (χ0v) is 16.2. The second kappa shape index (κ2) is 10.6. The smallest absolute Gasteiger partial charge is 0.224 e. The Morgan fingerprint density at radius 2 is 2.17 bits per heavy atom. The van der Waals surface area contributed by atoms with E-state index in [0.717, 1.165) is 55.8 Å². The summed E-state index contributed by atoms with van der Waals surface area (Å²) in [6.45, 7) is 4.61. The second-order valence-electron chi connectivity index (χ2n) is 5.47. The predicted molar refractivity (Wildman–Crippen MR) is 104 cm³/mol. The lowest BCUT2D eigenvalue weighted by atomic mass is 10.2. The van der Waals surface area contributed by atoms with E-state index in [1.165, 1.54) is 0 Å². The quantitative estimate of drug-likeness (QED) is 0.844. The first-order valence-corrected chi connectivity index (χ1v) is 9.60. The molecular formula is C14H24Cl2N4OS2. The molecule has 0 bridgehead atoms. The zero-order chi connectivity index (χ0) is 14.5. The van der Waals surface area contributed by atoms with Gasteiger partial charge in [0, 0.05) is 68.3 Å². The van der Waals surface area contributed by atoms with Crippen molar-refractivity contribution in [2.45, 2.75) is 18.9 Å². The fourth-order valence-corrected chi connectivity index (χ4v) is 4.47. The van der Waals surface area contributed by atoms with Crippen LogP contribution in [-0.2, 0) is 4.79 Å². The normalized spacial score (nSPS) is 21.8. The molecule has 0 aliphatic carbocycles. The fraction of sp³-hybridized carbons (Fsp3) is 0.714. The number of anilines is 1. The van der Waals surface area contributed by atoms with Crippen LogP contribution in [0.5, 0.6) is 0 Å². The van der Waals surface area contributed by atoms with E-state index in [9.17, 15) is 4.79 Å². The highest BCUT2D eigenvalue weighted by Crippen LogP contribution is 2.19. The third kappa shape index (κ3) is 5.98. The molecule has 0 saturated carbocycles. The SMILES string of the molecule is Cl.Cl.O=C(CC1CSCCN1)N1CCCN(c2nccs2)CC1. The maximum atomic E-state index is 12.5. The van der Waals surface area contributed by atoms with Crippen LogP contribution in [0, 0.1) is 0 Å². The third-order valence-corrected chi connectivity index (χ3v) is 5.92. The molecule has 0 radical (unpaired) electrons. The van der Waals surface area contributed by atoms with E-state index in [4.69, 9.17) is 0 Å². The summed E-state index contributed by atoms with van der Waals surface area (Å²) in [5.74, 6) is 2.53. The molecule has 0 spiro atoms. The molecule has 1 atom stereocenters. The van der Waals surface area contributed by atoms with Crippen molar-refractivity contribution in [3.05, 3.63) is 11.6 Å². The lowest BCUT2D eigenvalue weighted by Gasteiger charge is -2.26. The molecule has 9 heteroatoms. The number of halogens is 2. The number of amides is 1. The van der Waals surface area contributed by atoms with Gasteiger partial charge in [-0.1, -0.05) is 0 Å². The molecule has 2 aliphatic heterocycles. The maximum absolute atomic E-state index is 12.5. The molecule has 132 valence electrons. The van der Waals surface area contributed by atoms with Crippen LogP contribution in [0.25, 0.3) is 0 Å². The van der Waals surface area contributed by atoms with Crippen LogP contribution in [0.3, 0.4) is 0 Å². The largest absolute Gasteiger partial charge is 0.346 e. The maximum Gasteiger partial charge on any atom is 0.224 e. The van der Waals surface area contributed by atoms with E-state index in [0.29, 0.717) is 18.4 Å². The summed E-state index contributed by atoms with van der Waals surface area (Å²) in [6, 6.07) is 0.356. The van der Waals surface area contributed by atoms with E-state index in [1.54, 1.807) is 11.3 Å². The molecule has 1 N–H and O–H groups in total. The Balaban J connectivity index is 0.00000132. The van der Waals surface area contributed by atoms with Crippen molar-refractivity contribution in [3.63, 3.8) is 0 Å². The number of hydrogen-bond acceptors (Lipinski definition) is 6. The van der Waals surface area contributed by atoms with Gasteiger partial charge in [-0.3, -0.25) is 4.79 Å². The number of carbonyl (C=O) groups excluding carboxylic acids is 1. The highest BCUT2D eigenvalue weighted by molar-refractivity contribution is 7.99. The van der Waals surface area contributed by atoms with Gasteiger partial charge in [0.25, 0.3) is 0 Å². The van der Waals surface area contributed by atoms with Gasteiger partial charge in [-0.25, -0.2) is 4.98 Å². The van der Waals surface area contributed by atoms with Gasteiger partial charge < -0.3 is 15.1 Å². The van der Waals surface area contributed by atoms with Crippen molar-refractivity contribution in [3.8, 4) is 0 Å². The number of carbonyl (C=O) groups is 1. The van der Waals surface area contributed by atoms with E-state index in [-0.39, 0.29) is 24.8 Å². The summed E-state index contributed by atoms with van der Waals surface area (Å²) in [5, 5.41) is 6.54. The van der Waals surface area contributed by atoms with Crippen LogP contribution >= 0.6 is 47.9 Å². The molecule has 1 unspecified atom stereocenters. The number of nitrogens with zero attached hydrogens (tertiary/aromatic N) is 3. The monoisotopic (exact) mass is 398 g/mol. The first kappa shape index (κ1) is 20.8. The van der Waals surface area contributed by atoms with Gasteiger partial charge in [-0.05, 0) is 6.42 Å². The van der Waals surface area contributed by atoms with Crippen molar-refractivity contribution < 1.29 is 4.79 Å². The van der Waals surface area contributed by atoms with Crippen molar-refractivity contribution in [2.24, 2.45) is 0 Å². The van der Waals surface area contributed by atoms with Gasteiger partial charge in [-0.2, -0.15) is 11.8 Å². The van der Waals surface area contributed by atoms with Crippen LogP contribution in [0.15, 0.2) is 11.6 Å². The topological polar surface area (TPSA) is 48.5 Å². The first-order valence-electron chi connectivity index (χ1n) is 7.56. The van der Waals surface area contributed by atoms with Crippen molar-refractivity contribution in [1.82, 2.24) is 15.2 Å². The number of thioether (sulfide) groups is 1. The molecule has 2 fully saturated rings. The molecule has 0 aromatic carbocycles. The number of nitrogens with one attached hydrogen (secondary N) is 1. The van der Waals surface area contributed by atoms with Crippen molar-refractivity contribution >= 4 is 59.0 Å². The van der Waals surface area contributed by atoms with Gasteiger partial charge in [-0.15, -0.1) is 36.2 Å². The Morgan fingerprint density at radius 1 is 1.30 bits per heavy atom. The van der Waals surface area contributed by atoms with Gasteiger partial charge >= 0.3 is 0 Å². The third-order valence-electron chi connectivity index (χ3n) is 3.96. The van der Waals surface area contributed by atoms with Gasteiger partial charge in [0.2, 0.25) is 5.91 Å². The summed E-state index contributed by atoms with van der Waals surface area (Å²) in [7, 11) is 0. The van der Waals surface area contributed by atoms with Crippen molar-refractivity contribution in [2.75, 3.05) is 49.1 Å². The lowest BCUT2D eigenvalue weighted by Crippen LogP contribution is -2.43. The van der Waals surface area contributed by atoms with E-state index >= 15 is 0 Å². The minimum absolute atomic E-state index is 0. The van der Waals surface area contributed by atoms with Crippen LogP contribution in [0.2, 0.25) is 0 Å². The molecule has 1 amide bonds. The Kier molecular flexibility index (Phi) is 9.61. The Labute approximate surface area is 158 Å². The summed E-state index contributed by atoms with van der Waals surface area (Å²) >= 11 is 3.62. The van der Waals surface area contributed by atoms with E-state index in [2.05, 4.69) is 15.2 Å². The molecule has 23 heavy (non-hydrogen) atoms. The molecule has 5 nitrogen and oxygen atoms in total. The number of thiazole rings is 1. The zero-order valence-electron chi connectivity index (χ0n) is 13.0. The molecule has 1 aromatic rings. The minimum Gasteiger partial charge on any atom is -0.346 e. The van der Waals surface area contributed by atoms with Crippen LogP contribution < -0.4 is 10.2 Å². The van der Waals surface area contributed by atoms with E-state index < -0.39 is 0 Å². The van der Waals surface area contributed by atoms with E-state index in [1.807, 2.05) is 28.2 Å². The average Bonchev–Trinajstić information content (AvgIpc) is 2.93. The second-order valence-corrected chi connectivity index (χ2v) is 7.49. The van der Waals surface area contributed by atoms with Gasteiger partial charge in [0.1, 0.15) is 0 Å². The Hall–Kier alpha value is -0.210. The molecule has 1 aromatic heterocycles. The molecule has 2 saturated heterocycles. The summed E-state index contributed by atoms with van der Waals surface area (Å²) in [5.41, 5.74) is 0. The van der Waals surface area contributed by atoms with Gasteiger partial charge in [0.05, 0.1) is 0 Å². The lowest BCUT2D eigenvalue weighted by molar-refractivity contribution is -0.131. The number of rotatable bonds is 3. The molecule has 3 rings (SSSR count). The molecule has 2 aliphatic rings. The molecular weight excluding hydrogens is 375 g/mol. The summed E-state index contributed by atoms with van der Waals surface area (Å²) in [4.78, 5) is 21.2. The first-order chi connectivity index (χ1) is 10.3. The minimum atomic E-state index is 0. The highest BCUT2D eigenvalue weighted by Gasteiger charge is 2.23. The van der Waals surface area contributed by atoms with Gasteiger partial charge in [0.15, 0.2) is 5.13 Å². The van der Waals surface area contributed by atoms with Crippen LogP contribution in [-0.4, -0.2) is 66.1 Å². The van der Waals surface area contributed by atoms with Crippen molar-refractivity contribution in [1.29, 1.82) is 0 Å². The fourth-order valence-electron chi connectivity index (χ4n) is 2.82. The number of aromatic nitrogens is 1. The van der Waals surface area contributed by atoms with Crippen LogP contribution in [0.4, 0.5) is 5.13 Å².